The molecule has 0 unspecified atom stereocenters. The summed E-state index contributed by atoms with van der Waals surface area (Å²) in [7, 11) is 0. The van der Waals surface area contributed by atoms with Crippen LogP contribution in [0.1, 0.15) is 35.0 Å². The van der Waals surface area contributed by atoms with E-state index in [0.717, 1.165) is 22.6 Å². The zero-order valence-corrected chi connectivity index (χ0v) is 17.1. The van der Waals surface area contributed by atoms with Crippen molar-refractivity contribution >= 4 is 11.8 Å². The van der Waals surface area contributed by atoms with Crippen molar-refractivity contribution in [1.29, 1.82) is 0 Å². The second-order valence-electron chi connectivity index (χ2n) is 6.56. The molecule has 0 radical (unpaired) electrons. The van der Waals surface area contributed by atoms with Crippen molar-refractivity contribution in [3.05, 3.63) is 71.4 Å². The van der Waals surface area contributed by atoms with E-state index in [9.17, 15) is 0 Å². The minimum Gasteiger partial charge on any atom is -0.484 e. The molecule has 2 aromatic carbocycles. The van der Waals surface area contributed by atoms with Gasteiger partial charge in [-0.05, 0) is 60.5 Å². The lowest BCUT2D eigenvalue weighted by atomic mass is 10.1. The van der Waals surface area contributed by atoms with Gasteiger partial charge in [-0.15, -0.1) is 15.3 Å². The third kappa shape index (κ3) is 4.45. The van der Waals surface area contributed by atoms with Crippen LogP contribution in [0, 0.1) is 13.8 Å². The van der Waals surface area contributed by atoms with Gasteiger partial charge in [-0.3, -0.25) is 0 Å². The quantitative estimate of drug-likeness (QED) is 0.422. The molecule has 8 nitrogen and oxygen atoms in total. The average Bonchev–Trinajstić information content (AvgIpc) is 3.39. The number of rotatable bonds is 7. The molecular formula is C20H20N6O2S. The standard InChI is InChI=1S/C20H20N6O2S/c1-13-9-10-14(2)17(11-13)27-12-18-21-23-20(28-18)29-15(3)19-22-24-25-26(19)16-7-5-4-6-8-16/h4-11,15H,12H2,1-3H3/t15-/m0/s1. The van der Waals surface area contributed by atoms with Gasteiger partial charge in [0.1, 0.15) is 5.75 Å². The van der Waals surface area contributed by atoms with Gasteiger partial charge in [-0.1, -0.05) is 42.1 Å². The van der Waals surface area contributed by atoms with Crippen LogP contribution >= 0.6 is 11.8 Å². The van der Waals surface area contributed by atoms with E-state index in [0.29, 0.717) is 16.9 Å². The van der Waals surface area contributed by atoms with Crippen molar-refractivity contribution in [2.45, 2.75) is 37.9 Å². The Morgan fingerprint density at radius 1 is 1.07 bits per heavy atom. The van der Waals surface area contributed by atoms with Gasteiger partial charge in [0.25, 0.3) is 11.1 Å². The summed E-state index contributed by atoms with van der Waals surface area (Å²) in [6.07, 6.45) is 0. The third-order valence-corrected chi connectivity index (χ3v) is 5.21. The highest BCUT2D eigenvalue weighted by Crippen LogP contribution is 2.33. The van der Waals surface area contributed by atoms with Gasteiger partial charge in [0.2, 0.25) is 0 Å². The maximum Gasteiger partial charge on any atom is 0.277 e. The first-order valence-corrected chi connectivity index (χ1v) is 10.0. The van der Waals surface area contributed by atoms with E-state index in [-0.39, 0.29) is 11.9 Å². The molecule has 4 aromatic rings. The number of thioether (sulfide) groups is 1. The molecule has 29 heavy (non-hydrogen) atoms. The molecule has 0 amide bonds. The predicted molar refractivity (Wildman–Crippen MR) is 108 cm³/mol. The Morgan fingerprint density at radius 2 is 1.90 bits per heavy atom. The van der Waals surface area contributed by atoms with Crippen LogP contribution in [-0.2, 0) is 6.61 Å². The number of aromatic nitrogens is 6. The van der Waals surface area contributed by atoms with E-state index in [1.165, 1.54) is 11.8 Å². The molecule has 0 spiro atoms. The van der Waals surface area contributed by atoms with Crippen molar-refractivity contribution in [2.24, 2.45) is 0 Å². The highest BCUT2D eigenvalue weighted by molar-refractivity contribution is 7.99. The first-order valence-electron chi connectivity index (χ1n) is 9.13. The number of benzene rings is 2. The summed E-state index contributed by atoms with van der Waals surface area (Å²) in [6.45, 7) is 6.24. The normalized spacial score (nSPS) is 12.1. The van der Waals surface area contributed by atoms with Gasteiger partial charge in [0, 0.05) is 0 Å². The number of nitrogens with zero attached hydrogens (tertiary/aromatic N) is 6. The molecule has 2 aromatic heterocycles. The SMILES string of the molecule is Cc1ccc(C)c(OCc2nnc(S[C@@H](C)c3nnnn3-c3ccccc3)o2)c1. The molecule has 0 saturated carbocycles. The topological polar surface area (TPSA) is 91.8 Å². The van der Waals surface area contributed by atoms with Crippen LogP contribution in [0.25, 0.3) is 5.69 Å². The lowest BCUT2D eigenvalue weighted by Gasteiger charge is -2.09. The summed E-state index contributed by atoms with van der Waals surface area (Å²) in [5.41, 5.74) is 3.09. The minimum atomic E-state index is -0.0848. The fraction of sp³-hybridized carbons (Fsp3) is 0.250. The zero-order valence-electron chi connectivity index (χ0n) is 16.3. The van der Waals surface area contributed by atoms with Crippen LogP contribution in [0.4, 0.5) is 0 Å². The Kier molecular flexibility index (Phi) is 5.57. The number of hydrogen-bond acceptors (Lipinski definition) is 8. The van der Waals surface area contributed by atoms with Crippen molar-refractivity contribution in [3.8, 4) is 11.4 Å². The molecule has 148 valence electrons. The Hall–Kier alpha value is -3.20. The van der Waals surface area contributed by atoms with Crippen molar-refractivity contribution in [1.82, 2.24) is 30.4 Å². The Balaban J connectivity index is 1.42. The van der Waals surface area contributed by atoms with E-state index >= 15 is 0 Å². The van der Waals surface area contributed by atoms with E-state index in [1.807, 2.05) is 69.3 Å². The molecule has 0 aliphatic carbocycles. The number of hydrogen-bond donors (Lipinski definition) is 0. The maximum absolute atomic E-state index is 5.83. The first kappa shape index (κ1) is 19.1. The lowest BCUT2D eigenvalue weighted by Crippen LogP contribution is -2.04. The van der Waals surface area contributed by atoms with E-state index < -0.39 is 0 Å². The second kappa shape index (κ2) is 8.44. The van der Waals surface area contributed by atoms with Crippen molar-refractivity contribution in [2.75, 3.05) is 0 Å². The summed E-state index contributed by atoms with van der Waals surface area (Å²) in [4.78, 5) is 0. The molecule has 9 heteroatoms. The smallest absolute Gasteiger partial charge is 0.277 e. The number of aryl methyl sites for hydroxylation is 2. The minimum absolute atomic E-state index is 0.0848. The summed E-state index contributed by atoms with van der Waals surface area (Å²) in [5.74, 6) is 1.93. The molecule has 0 saturated heterocycles. The summed E-state index contributed by atoms with van der Waals surface area (Å²) < 4.78 is 13.3. The molecular weight excluding hydrogens is 388 g/mol. The molecule has 0 aliphatic heterocycles. The Bertz CT molecular complexity index is 1100. The third-order valence-electron chi connectivity index (χ3n) is 4.28. The van der Waals surface area contributed by atoms with Crippen molar-refractivity contribution < 1.29 is 9.15 Å². The summed E-state index contributed by atoms with van der Waals surface area (Å²) in [5, 5.41) is 20.6. The summed E-state index contributed by atoms with van der Waals surface area (Å²) >= 11 is 1.40. The lowest BCUT2D eigenvalue weighted by molar-refractivity contribution is 0.250. The second-order valence-corrected chi connectivity index (χ2v) is 7.86. The van der Waals surface area contributed by atoms with Gasteiger partial charge in [0.15, 0.2) is 12.4 Å². The molecule has 0 bridgehead atoms. The zero-order chi connectivity index (χ0) is 20.2. The molecule has 1 atom stereocenters. The molecule has 4 rings (SSSR count). The Labute approximate surface area is 172 Å². The monoisotopic (exact) mass is 408 g/mol. The number of para-hydroxylation sites is 1. The highest BCUT2D eigenvalue weighted by Gasteiger charge is 2.20. The fourth-order valence-corrected chi connectivity index (χ4v) is 3.54. The molecule has 0 aliphatic rings. The molecule has 0 fully saturated rings. The van der Waals surface area contributed by atoms with Crippen LogP contribution in [-0.4, -0.2) is 30.4 Å². The number of tetrazole rings is 1. The van der Waals surface area contributed by atoms with E-state index in [1.54, 1.807) is 4.68 Å². The number of ether oxygens (including phenoxy) is 1. The fourth-order valence-electron chi connectivity index (χ4n) is 2.75. The molecule has 0 N–H and O–H groups in total. The Morgan fingerprint density at radius 3 is 2.72 bits per heavy atom. The predicted octanol–water partition coefficient (Wildman–Crippen LogP) is 4.09. The van der Waals surface area contributed by atoms with Gasteiger partial charge < -0.3 is 9.15 Å². The van der Waals surface area contributed by atoms with Gasteiger partial charge >= 0.3 is 0 Å². The van der Waals surface area contributed by atoms with Gasteiger partial charge in [-0.2, -0.15) is 4.68 Å². The highest BCUT2D eigenvalue weighted by atomic mass is 32.2. The average molecular weight is 408 g/mol. The van der Waals surface area contributed by atoms with Crippen LogP contribution in [0.15, 0.2) is 58.2 Å². The maximum atomic E-state index is 5.83. The van der Waals surface area contributed by atoms with Crippen LogP contribution < -0.4 is 4.74 Å². The molecule has 2 heterocycles. The largest absolute Gasteiger partial charge is 0.484 e. The van der Waals surface area contributed by atoms with Gasteiger partial charge in [0.05, 0.1) is 10.9 Å². The van der Waals surface area contributed by atoms with Crippen LogP contribution in [0.5, 0.6) is 5.75 Å². The van der Waals surface area contributed by atoms with Gasteiger partial charge in [-0.25, -0.2) is 0 Å². The van der Waals surface area contributed by atoms with Crippen molar-refractivity contribution in [3.63, 3.8) is 0 Å². The van der Waals surface area contributed by atoms with Crippen LogP contribution in [0.3, 0.4) is 0 Å². The van der Waals surface area contributed by atoms with E-state index in [4.69, 9.17) is 9.15 Å². The van der Waals surface area contributed by atoms with Crippen LogP contribution in [0.2, 0.25) is 0 Å². The van der Waals surface area contributed by atoms with E-state index in [2.05, 4.69) is 25.7 Å². The first-order chi connectivity index (χ1) is 14.1. The summed E-state index contributed by atoms with van der Waals surface area (Å²) in [6, 6.07) is 15.8.